The molecule has 0 amide bonds. The van der Waals surface area contributed by atoms with Gasteiger partial charge >= 0.3 is 0 Å². The van der Waals surface area contributed by atoms with E-state index in [0.29, 0.717) is 24.5 Å². The molecular formula is C14H23NO4. The highest BCUT2D eigenvalue weighted by Crippen LogP contribution is 2.30. The molecule has 0 aliphatic carbocycles. The van der Waals surface area contributed by atoms with Crippen LogP contribution in [0.4, 0.5) is 0 Å². The molecule has 0 saturated heterocycles. The molecule has 0 aliphatic rings. The van der Waals surface area contributed by atoms with Gasteiger partial charge in [0, 0.05) is 13.1 Å². The molecule has 2 N–H and O–H groups in total. The Morgan fingerprint density at radius 3 is 2.42 bits per heavy atom. The molecule has 1 atom stereocenters. The summed E-state index contributed by atoms with van der Waals surface area (Å²) in [5, 5.41) is 18.9. The second-order valence-electron chi connectivity index (χ2n) is 4.45. The Kier molecular flexibility index (Phi) is 6.62. The van der Waals surface area contributed by atoms with Crippen molar-refractivity contribution in [2.45, 2.75) is 12.5 Å². The van der Waals surface area contributed by atoms with Gasteiger partial charge in [0.25, 0.3) is 0 Å². The molecule has 0 bridgehead atoms. The van der Waals surface area contributed by atoms with Crippen LogP contribution < -0.4 is 9.47 Å². The minimum absolute atomic E-state index is 0.128. The van der Waals surface area contributed by atoms with Crippen LogP contribution in [-0.4, -0.2) is 56.1 Å². The Morgan fingerprint density at radius 1 is 1.16 bits per heavy atom. The monoisotopic (exact) mass is 269 g/mol. The van der Waals surface area contributed by atoms with Gasteiger partial charge in [0.05, 0.1) is 26.9 Å². The van der Waals surface area contributed by atoms with E-state index in [1.807, 2.05) is 18.0 Å². The number of ether oxygens (including phenoxy) is 2. The molecule has 0 radical (unpaired) electrons. The Balaban J connectivity index is 2.64. The number of aliphatic hydroxyl groups is 2. The fraction of sp³-hybridized carbons (Fsp3) is 0.571. The number of rotatable bonds is 8. The Morgan fingerprint density at radius 2 is 1.84 bits per heavy atom. The van der Waals surface area contributed by atoms with Gasteiger partial charge in [-0.2, -0.15) is 0 Å². The summed E-state index contributed by atoms with van der Waals surface area (Å²) in [6, 6.07) is 5.41. The average molecular weight is 269 g/mol. The summed E-state index contributed by atoms with van der Waals surface area (Å²) in [6.45, 7) is 1.46. The highest BCUT2D eigenvalue weighted by Gasteiger charge is 2.12. The van der Waals surface area contributed by atoms with Gasteiger partial charge in [-0.25, -0.2) is 0 Å². The van der Waals surface area contributed by atoms with Crippen LogP contribution >= 0.6 is 0 Å². The van der Waals surface area contributed by atoms with E-state index in [1.54, 1.807) is 26.4 Å². The Bertz CT molecular complexity index is 384. The third kappa shape index (κ3) is 4.70. The Hall–Kier alpha value is -1.30. The number of benzene rings is 1. The molecule has 1 rings (SSSR count). The lowest BCUT2D eigenvalue weighted by atomic mass is 10.1. The zero-order valence-corrected chi connectivity index (χ0v) is 11.8. The molecule has 1 unspecified atom stereocenters. The average Bonchev–Trinajstić information content (AvgIpc) is 2.44. The first-order chi connectivity index (χ1) is 9.12. The van der Waals surface area contributed by atoms with Gasteiger partial charge in [-0.3, -0.25) is 0 Å². The minimum atomic E-state index is -0.555. The summed E-state index contributed by atoms with van der Waals surface area (Å²) in [6.07, 6.45) is 0.0485. The summed E-state index contributed by atoms with van der Waals surface area (Å²) >= 11 is 0. The van der Waals surface area contributed by atoms with E-state index in [1.165, 1.54) is 0 Å². The van der Waals surface area contributed by atoms with Gasteiger partial charge in [0.1, 0.15) is 0 Å². The van der Waals surface area contributed by atoms with Crippen LogP contribution in [0.25, 0.3) is 0 Å². The zero-order valence-electron chi connectivity index (χ0n) is 11.8. The number of hydrogen-bond acceptors (Lipinski definition) is 5. The lowest BCUT2D eigenvalue weighted by Crippen LogP contribution is -2.24. The van der Waals surface area contributed by atoms with Crippen molar-refractivity contribution in [3.63, 3.8) is 0 Å². The van der Waals surface area contributed by atoms with E-state index in [0.717, 1.165) is 12.1 Å². The van der Waals surface area contributed by atoms with Crippen LogP contribution in [0.2, 0.25) is 0 Å². The van der Waals surface area contributed by atoms with Crippen molar-refractivity contribution in [2.24, 2.45) is 0 Å². The van der Waals surface area contributed by atoms with E-state index >= 15 is 0 Å². The summed E-state index contributed by atoms with van der Waals surface area (Å²) in [4.78, 5) is 1.98. The number of methoxy groups -OCH3 is 2. The maximum atomic E-state index is 10.1. The predicted octanol–water partition coefficient (Wildman–Crippen LogP) is 1.05. The van der Waals surface area contributed by atoms with E-state index < -0.39 is 6.10 Å². The molecule has 108 valence electrons. The minimum Gasteiger partial charge on any atom is -0.493 e. The second-order valence-corrected chi connectivity index (χ2v) is 4.45. The van der Waals surface area contributed by atoms with E-state index in [9.17, 15) is 5.11 Å². The normalized spacial score (nSPS) is 12.5. The van der Waals surface area contributed by atoms with Gasteiger partial charge < -0.3 is 24.6 Å². The van der Waals surface area contributed by atoms with Crippen LogP contribution in [0.15, 0.2) is 18.2 Å². The van der Waals surface area contributed by atoms with Crippen LogP contribution in [0.1, 0.15) is 18.1 Å². The zero-order chi connectivity index (χ0) is 14.3. The van der Waals surface area contributed by atoms with Gasteiger partial charge in [0.15, 0.2) is 11.5 Å². The van der Waals surface area contributed by atoms with Gasteiger partial charge in [0.2, 0.25) is 0 Å². The third-order valence-corrected chi connectivity index (χ3v) is 3.06. The molecule has 0 aliphatic heterocycles. The molecule has 0 heterocycles. The number of nitrogens with zero attached hydrogens (tertiary/aromatic N) is 1. The molecule has 19 heavy (non-hydrogen) atoms. The molecule has 0 saturated carbocycles. The SMILES string of the molecule is COc1ccc(C(O)CCN(C)CCO)cc1OC. The third-order valence-electron chi connectivity index (χ3n) is 3.06. The standard InChI is InChI=1S/C14H23NO4/c1-15(8-9-16)7-6-12(17)11-4-5-13(18-2)14(10-11)19-3/h4-5,10,12,16-17H,6-9H2,1-3H3. The molecular weight excluding hydrogens is 246 g/mol. The summed E-state index contributed by atoms with van der Waals surface area (Å²) in [7, 11) is 5.07. The summed E-state index contributed by atoms with van der Waals surface area (Å²) < 4.78 is 10.4. The lowest BCUT2D eigenvalue weighted by Gasteiger charge is -2.18. The smallest absolute Gasteiger partial charge is 0.161 e. The topological polar surface area (TPSA) is 62.2 Å². The predicted molar refractivity (Wildman–Crippen MR) is 73.7 cm³/mol. The molecule has 0 spiro atoms. The molecule has 1 aromatic carbocycles. The van der Waals surface area contributed by atoms with Crippen molar-refractivity contribution in [1.29, 1.82) is 0 Å². The maximum Gasteiger partial charge on any atom is 0.161 e. The van der Waals surface area contributed by atoms with Gasteiger partial charge in [-0.15, -0.1) is 0 Å². The fourth-order valence-corrected chi connectivity index (χ4v) is 1.85. The molecule has 5 nitrogen and oxygen atoms in total. The van der Waals surface area contributed by atoms with Crippen molar-refractivity contribution in [2.75, 3.05) is 41.0 Å². The van der Waals surface area contributed by atoms with Crippen molar-refractivity contribution in [1.82, 2.24) is 4.90 Å². The lowest BCUT2D eigenvalue weighted by molar-refractivity contribution is 0.141. The first kappa shape index (κ1) is 15.8. The number of aliphatic hydroxyl groups excluding tert-OH is 2. The van der Waals surface area contributed by atoms with Crippen LogP contribution in [0.5, 0.6) is 11.5 Å². The number of hydrogen-bond donors (Lipinski definition) is 2. The van der Waals surface area contributed by atoms with Crippen LogP contribution in [0.3, 0.4) is 0 Å². The highest BCUT2D eigenvalue weighted by molar-refractivity contribution is 5.43. The largest absolute Gasteiger partial charge is 0.493 e. The molecule has 1 aromatic rings. The molecule has 0 aromatic heterocycles. The van der Waals surface area contributed by atoms with E-state index in [4.69, 9.17) is 14.6 Å². The first-order valence-corrected chi connectivity index (χ1v) is 6.31. The van der Waals surface area contributed by atoms with Crippen molar-refractivity contribution >= 4 is 0 Å². The van der Waals surface area contributed by atoms with E-state index in [-0.39, 0.29) is 6.61 Å². The molecule has 0 fully saturated rings. The Labute approximate surface area is 114 Å². The van der Waals surface area contributed by atoms with Crippen molar-refractivity contribution in [3.8, 4) is 11.5 Å². The van der Waals surface area contributed by atoms with Crippen LogP contribution in [-0.2, 0) is 0 Å². The van der Waals surface area contributed by atoms with Gasteiger partial charge in [-0.1, -0.05) is 6.07 Å². The first-order valence-electron chi connectivity index (χ1n) is 6.31. The summed E-state index contributed by atoms with van der Waals surface area (Å²) in [5.74, 6) is 1.26. The highest BCUT2D eigenvalue weighted by atomic mass is 16.5. The van der Waals surface area contributed by atoms with Crippen LogP contribution in [0, 0.1) is 0 Å². The quantitative estimate of drug-likeness (QED) is 0.738. The van der Waals surface area contributed by atoms with Crippen molar-refractivity contribution < 1.29 is 19.7 Å². The molecule has 5 heteroatoms. The van der Waals surface area contributed by atoms with Crippen molar-refractivity contribution in [3.05, 3.63) is 23.8 Å². The van der Waals surface area contributed by atoms with E-state index in [2.05, 4.69) is 0 Å². The fourth-order valence-electron chi connectivity index (χ4n) is 1.85. The van der Waals surface area contributed by atoms with Gasteiger partial charge in [-0.05, 0) is 31.2 Å². The summed E-state index contributed by atoms with van der Waals surface area (Å²) in [5.41, 5.74) is 0.801. The maximum absolute atomic E-state index is 10.1. The number of likely N-dealkylation sites (N-methyl/N-ethyl adjacent to an activating group) is 1. The second kappa shape index (κ2) is 7.99.